The van der Waals surface area contributed by atoms with Crippen LogP contribution in [0.1, 0.15) is 11.7 Å². The number of hydrogen-bond donors (Lipinski definition) is 3. The van der Waals surface area contributed by atoms with Crippen molar-refractivity contribution in [3.8, 4) is 0 Å². The minimum atomic E-state index is -2.03. The summed E-state index contributed by atoms with van der Waals surface area (Å²) in [6, 6.07) is 2.25. The van der Waals surface area contributed by atoms with Crippen LogP contribution in [0.15, 0.2) is 18.2 Å². The van der Waals surface area contributed by atoms with E-state index in [0.717, 1.165) is 12.1 Å². The smallest absolute Gasteiger partial charge is 0.337 e. The Bertz CT molecular complexity index is 357. The molecule has 0 aromatic heterocycles. The van der Waals surface area contributed by atoms with Gasteiger partial charge in [0.25, 0.3) is 0 Å². The van der Waals surface area contributed by atoms with Crippen molar-refractivity contribution in [3.63, 3.8) is 0 Å². The number of carbonyl (C=O) groups is 1. The van der Waals surface area contributed by atoms with Gasteiger partial charge >= 0.3 is 5.97 Å². The van der Waals surface area contributed by atoms with Gasteiger partial charge in [-0.2, -0.15) is 0 Å². The SMILES string of the molecule is O=C(O)C(O)c1cc(F)ccc1F.OCF. The van der Waals surface area contributed by atoms with Crippen LogP contribution in [0.2, 0.25) is 0 Å². The Kier molecular flexibility index (Phi) is 6.12. The van der Waals surface area contributed by atoms with Gasteiger partial charge in [0, 0.05) is 5.56 Å². The maximum absolute atomic E-state index is 12.8. The Morgan fingerprint density at radius 3 is 2.31 bits per heavy atom. The van der Waals surface area contributed by atoms with Gasteiger partial charge in [0.1, 0.15) is 11.6 Å². The van der Waals surface area contributed by atoms with Crippen LogP contribution in [0.4, 0.5) is 13.2 Å². The Labute approximate surface area is 88.6 Å². The van der Waals surface area contributed by atoms with E-state index in [4.69, 9.17) is 15.3 Å². The number of benzene rings is 1. The highest BCUT2D eigenvalue weighted by Crippen LogP contribution is 2.18. The zero-order valence-corrected chi connectivity index (χ0v) is 7.90. The fourth-order valence-electron chi connectivity index (χ4n) is 0.857. The summed E-state index contributed by atoms with van der Waals surface area (Å²) in [6.45, 7) is -1.25. The summed E-state index contributed by atoms with van der Waals surface area (Å²) in [5.41, 5.74) is -0.576. The van der Waals surface area contributed by atoms with Crippen LogP contribution < -0.4 is 0 Å². The van der Waals surface area contributed by atoms with Gasteiger partial charge in [0.2, 0.25) is 0 Å². The molecule has 0 radical (unpaired) electrons. The first kappa shape index (κ1) is 14.4. The molecule has 0 heterocycles. The molecule has 0 spiro atoms. The molecule has 0 fully saturated rings. The molecule has 0 saturated carbocycles. The Morgan fingerprint density at radius 2 is 1.88 bits per heavy atom. The van der Waals surface area contributed by atoms with Gasteiger partial charge < -0.3 is 15.3 Å². The second-order valence-corrected chi connectivity index (χ2v) is 2.53. The molecule has 4 nitrogen and oxygen atoms in total. The third kappa shape index (κ3) is 4.28. The van der Waals surface area contributed by atoms with Gasteiger partial charge in [0.05, 0.1) is 0 Å². The van der Waals surface area contributed by atoms with Crippen LogP contribution in [0.5, 0.6) is 0 Å². The van der Waals surface area contributed by atoms with Gasteiger partial charge in [-0.05, 0) is 18.2 Å². The highest BCUT2D eigenvalue weighted by molar-refractivity contribution is 5.74. The first-order chi connectivity index (χ1) is 7.43. The van der Waals surface area contributed by atoms with Crippen molar-refractivity contribution in [1.82, 2.24) is 0 Å². The van der Waals surface area contributed by atoms with Crippen LogP contribution in [0.25, 0.3) is 0 Å². The zero-order valence-electron chi connectivity index (χ0n) is 7.90. The molecule has 90 valence electrons. The summed E-state index contributed by atoms with van der Waals surface area (Å²) in [6.07, 6.45) is -2.03. The number of alkyl halides is 1. The van der Waals surface area contributed by atoms with Crippen molar-refractivity contribution >= 4 is 5.97 Å². The third-order valence-corrected chi connectivity index (χ3v) is 1.49. The molecule has 7 heteroatoms. The van der Waals surface area contributed by atoms with Crippen molar-refractivity contribution in [3.05, 3.63) is 35.4 Å². The van der Waals surface area contributed by atoms with Crippen molar-refractivity contribution in [2.24, 2.45) is 0 Å². The minimum Gasteiger partial charge on any atom is -0.479 e. The average molecular weight is 238 g/mol. The van der Waals surface area contributed by atoms with Gasteiger partial charge in [0.15, 0.2) is 13.0 Å². The van der Waals surface area contributed by atoms with Crippen LogP contribution in [0, 0.1) is 11.6 Å². The molecule has 1 rings (SSSR count). The van der Waals surface area contributed by atoms with E-state index in [1.54, 1.807) is 0 Å². The summed E-state index contributed by atoms with van der Waals surface area (Å²) in [5, 5.41) is 24.1. The van der Waals surface area contributed by atoms with E-state index in [1.807, 2.05) is 0 Å². The van der Waals surface area contributed by atoms with Crippen LogP contribution in [-0.2, 0) is 4.79 Å². The number of aliphatic hydroxyl groups excluding tert-OH is 2. The summed E-state index contributed by atoms with van der Waals surface area (Å²) in [5.74, 6) is -3.36. The average Bonchev–Trinajstić information content (AvgIpc) is 2.21. The topological polar surface area (TPSA) is 77.8 Å². The van der Waals surface area contributed by atoms with Crippen molar-refractivity contribution in [2.45, 2.75) is 6.10 Å². The van der Waals surface area contributed by atoms with E-state index < -0.39 is 36.1 Å². The summed E-state index contributed by atoms with van der Waals surface area (Å²) in [4.78, 5) is 10.2. The fraction of sp³-hybridized carbons (Fsp3) is 0.222. The van der Waals surface area contributed by atoms with Crippen LogP contribution in [0.3, 0.4) is 0 Å². The standard InChI is InChI=1S/C8H6F2O3.CH3FO/c9-4-1-2-6(10)5(3-4)7(11)8(12)13;2-1-3/h1-3,7,11H,(H,12,13);3H,1H2. The van der Waals surface area contributed by atoms with Gasteiger partial charge in [-0.25, -0.2) is 18.0 Å². The lowest BCUT2D eigenvalue weighted by Gasteiger charge is -2.06. The number of aliphatic hydroxyl groups is 2. The van der Waals surface area contributed by atoms with Crippen LogP contribution in [-0.4, -0.2) is 28.1 Å². The quantitative estimate of drug-likeness (QED) is 0.718. The van der Waals surface area contributed by atoms with Gasteiger partial charge in [-0.1, -0.05) is 0 Å². The number of carboxylic acids is 1. The van der Waals surface area contributed by atoms with Crippen molar-refractivity contribution in [2.75, 3.05) is 6.86 Å². The molecule has 1 aromatic rings. The molecular formula is C9H9F3O4. The summed E-state index contributed by atoms with van der Waals surface area (Å²) >= 11 is 0. The summed E-state index contributed by atoms with van der Waals surface area (Å²) < 4.78 is 35.1. The molecule has 0 amide bonds. The Balaban J connectivity index is 0.000000673. The number of carboxylic acid groups (broad SMARTS) is 1. The van der Waals surface area contributed by atoms with Crippen molar-refractivity contribution in [1.29, 1.82) is 0 Å². The monoisotopic (exact) mass is 238 g/mol. The zero-order chi connectivity index (χ0) is 12.7. The Hall–Kier alpha value is -1.60. The predicted octanol–water partition coefficient (Wildman–Crippen LogP) is 0.988. The van der Waals surface area contributed by atoms with Crippen LogP contribution >= 0.6 is 0 Å². The first-order valence-corrected chi connectivity index (χ1v) is 3.96. The second-order valence-electron chi connectivity index (χ2n) is 2.53. The van der Waals surface area contributed by atoms with E-state index in [2.05, 4.69) is 0 Å². The lowest BCUT2D eigenvalue weighted by atomic mass is 10.1. The normalized spacial score (nSPS) is 11.3. The second kappa shape index (κ2) is 6.81. The van der Waals surface area contributed by atoms with Gasteiger partial charge in [-0.15, -0.1) is 0 Å². The molecule has 16 heavy (non-hydrogen) atoms. The van der Waals surface area contributed by atoms with E-state index in [9.17, 15) is 18.0 Å². The van der Waals surface area contributed by atoms with Crippen molar-refractivity contribution < 1.29 is 33.3 Å². The molecule has 1 unspecified atom stereocenters. The molecule has 0 aliphatic rings. The number of halogens is 3. The molecule has 0 aliphatic carbocycles. The highest BCUT2D eigenvalue weighted by Gasteiger charge is 2.20. The molecule has 1 atom stereocenters. The van der Waals surface area contributed by atoms with E-state index >= 15 is 0 Å². The lowest BCUT2D eigenvalue weighted by Crippen LogP contribution is -2.12. The van der Waals surface area contributed by atoms with E-state index in [1.165, 1.54) is 0 Å². The predicted molar refractivity (Wildman–Crippen MR) is 47.1 cm³/mol. The summed E-state index contributed by atoms with van der Waals surface area (Å²) in [7, 11) is 0. The minimum absolute atomic E-state index is 0.576. The molecule has 1 aromatic carbocycles. The van der Waals surface area contributed by atoms with Gasteiger partial charge in [-0.3, -0.25) is 0 Å². The Morgan fingerprint density at radius 1 is 1.38 bits per heavy atom. The van der Waals surface area contributed by atoms with E-state index in [-0.39, 0.29) is 0 Å². The number of rotatable bonds is 2. The fourth-order valence-corrected chi connectivity index (χ4v) is 0.857. The first-order valence-electron chi connectivity index (χ1n) is 3.96. The molecule has 3 N–H and O–H groups in total. The highest BCUT2D eigenvalue weighted by atomic mass is 19.1. The maximum atomic E-state index is 12.8. The maximum Gasteiger partial charge on any atom is 0.337 e. The largest absolute Gasteiger partial charge is 0.479 e. The van der Waals surface area contributed by atoms with E-state index in [0.29, 0.717) is 6.07 Å². The lowest BCUT2D eigenvalue weighted by molar-refractivity contribution is -0.147. The number of hydrogen-bond acceptors (Lipinski definition) is 3. The number of aliphatic carboxylic acids is 1. The molecular weight excluding hydrogens is 229 g/mol. The molecule has 0 aliphatic heterocycles. The third-order valence-electron chi connectivity index (χ3n) is 1.49. The molecule has 0 saturated heterocycles. The molecule has 0 bridgehead atoms.